The topological polar surface area (TPSA) is 17.8 Å². The van der Waals surface area contributed by atoms with E-state index in [2.05, 4.69) is 22.7 Å². The highest BCUT2D eigenvalue weighted by Gasteiger charge is 2.16. The minimum atomic E-state index is 0.683. The summed E-state index contributed by atoms with van der Waals surface area (Å²) in [4.78, 5) is 4.21. The van der Waals surface area contributed by atoms with E-state index in [1.54, 1.807) is 0 Å². The van der Waals surface area contributed by atoms with Gasteiger partial charge in [0.1, 0.15) is 5.82 Å². The molecule has 0 radical (unpaired) electrons. The summed E-state index contributed by atoms with van der Waals surface area (Å²) in [5.41, 5.74) is 0. The highest BCUT2D eigenvalue weighted by molar-refractivity contribution is 5.00. The van der Waals surface area contributed by atoms with Crippen LogP contribution >= 0.6 is 0 Å². The molecule has 0 bridgehead atoms. The summed E-state index contributed by atoms with van der Waals surface area (Å²) in [7, 11) is 0. The Morgan fingerprint density at radius 3 is 3.44 bits per heavy atom. The Balaban J connectivity index is 2.49. The Kier molecular flexibility index (Phi) is 0.891. The van der Waals surface area contributed by atoms with Gasteiger partial charge < -0.3 is 4.57 Å². The van der Waals surface area contributed by atoms with E-state index in [1.807, 2.05) is 6.20 Å². The molecule has 0 saturated carbocycles. The zero-order chi connectivity index (χ0) is 6.27. The lowest BCUT2D eigenvalue weighted by Gasteiger charge is -2.02. The Morgan fingerprint density at radius 2 is 2.67 bits per heavy atom. The van der Waals surface area contributed by atoms with Crippen molar-refractivity contribution in [2.24, 2.45) is 0 Å². The molecule has 2 heteroatoms. The number of nitrogens with zero attached hydrogens (tertiary/aromatic N) is 2. The summed E-state index contributed by atoms with van der Waals surface area (Å²) in [5.74, 6) is 1.25. The van der Waals surface area contributed by atoms with Gasteiger partial charge in [-0.05, 0) is 13.3 Å². The summed E-state index contributed by atoms with van der Waals surface area (Å²) in [6.45, 7) is 2.23. The van der Waals surface area contributed by atoms with Gasteiger partial charge in [0.15, 0.2) is 0 Å². The molecular formula is C7H10N2. The molecular weight excluding hydrogens is 112 g/mol. The van der Waals surface area contributed by atoms with Gasteiger partial charge in [-0.2, -0.15) is 0 Å². The van der Waals surface area contributed by atoms with Gasteiger partial charge in [-0.3, -0.25) is 0 Å². The van der Waals surface area contributed by atoms with Crippen molar-refractivity contribution < 1.29 is 0 Å². The van der Waals surface area contributed by atoms with Gasteiger partial charge in [0.2, 0.25) is 0 Å². The van der Waals surface area contributed by atoms with Crippen molar-refractivity contribution in [3.05, 3.63) is 18.2 Å². The predicted octanol–water partition coefficient (Wildman–Crippen LogP) is 1.39. The van der Waals surface area contributed by atoms with Crippen LogP contribution in [-0.4, -0.2) is 9.55 Å². The molecule has 0 saturated heterocycles. The zero-order valence-corrected chi connectivity index (χ0v) is 5.54. The van der Waals surface area contributed by atoms with Crippen LogP contribution in [0.25, 0.3) is 0 Å². The van der Waals surface area contributed by atoms with Gasteiger partial charge in [-0.15, -0.1) is 0 Å². The molecule has 1 aromatic rings. The third-order valence-electron chi connectivity index (χ3n) is 2.01. The molecule has 1 aromatic heterocycles. The summed E-state index contributed by atoms with van der Waals surface area (Å²) in [6, 6.07) is 0.683. The van der Waals surface area contributed by atoms with Crippen molar-refractivity contribution in [1.82, 2.24) is 9.55 Å². The maximum absolute atomic E-state index is 4.21. The smallest absolute Gasteiger partial charge is 0.108 e. The lowest BCUT2D eigenvalue weighted by Crippen LogP contribution is -1.95. The van der Waals surface area contributed by atoms with Crippen molar-refractivity contribution in [2.45, 2.75) is 25.8 Å². The number of hydrogen-bond acceptors (Lipinski definition) is 1. The van der Waals surface area contributed by atoms with Gasteiger partial charge in [-0.1, -0.05) is 0 Å². The Morgan fingerprint density at radius 1 is 1.78 bits per heavy atom. The number of aryl methyl sites for hydroxylation is 1. The van der Waals surface area contributed by atoms with Crippen molar-refractivity contribution >= 4 is 0 Å². The van der Waals surface area contributed by atoms with Gasteiger partial charge in [0.25, 0.3) is 0 Å². The van der Waals surface area contributed by atoms with Gasteiger partial charge in [-0.25, -0.2) is 4.98 Å². The lowest BCUT2D eigenvalue weighted by atomic mass is 10.2. The second kappa shape index (κ2) is 1.59. The summed E-state index contributed by atoms with van der Waals surface area (Å²) in [5, 5.41) is 0. The first-order chi connectivity index (χ1) is 4.38. The monoisotopic (exact) mass is 122 g/mol. The maximum atomic E-state index is 4.21. The fourth-order valence-electron chi connectivity index (χ4n) is 1.42. The molecule has 1 aliphatic rings. The minimum absolute atomic E-state index is 0.683. The lowest BCUT2D eigenvalue weighted by molar-refractivity contribution is 0.581. The summed E-state index contributed by atoms with van der Waals surface area (Å²) < 4.78 is 2.25. The van der Waals surface area contributed by atoms with Crippen molar-refractivity contribution in [2.75, 3.05) is 0 Å². The van der Waals surface area contributed by atoms with E-state index in [1.165, 1.54) is 12.2 Å². The first-order valence-electron chi connectivity index (χ1n) is 3.39. The molecule has 0 amide bonds. The van der Waals surface area contributed by atoms with Gasteiger partial charge in [0.05, 0.1) is 0 Å². The molecule has 1 aliphatic heterocycles. The SMILES string of the molecule is CC1CCc2nccn21. The molecule has 1 unspecified atom stereocenters. The van der Waals surface area contributed by atoms with Gasteiger partial charge in [0, 0.05) is 24.9 Å². The molecule has 0 fully saturated rings. The number of fused-ring (bicyclic) bond motifs is 1. The van der Waals surface area contributed by atoms with Gasteiger partial charge >= 0.3 is 0 Å². The average molecular weight is 122 g/mol. The summed E-state index contributed by atoms with van der Waals surface area (Å²) in [6.07, 6.45) is 6.37. The molecule has 0 spiro atoms. The number of hydrogen-bond donors (Lipinski definition) is 0. The van der Waals surface area contributed by atoms with Crippen LogP contribution in [-0.2, 0) is 6.42 Å². The maximum Gasteiger partial charge on any atom is 0.108 e. The first-order valence-corrected chi connectivity index (χ1v) is 3.39. The fourth-order valence-corrected chi connectivity index (χ4v) is 1.42. The number of imidazole rings is 1. The summed E-state index contributed by atoms with van der Waals surface area (Å²) >= 11 is 0. The van der Waals surface area contributed by atoms with E-state index in [0.29, 0.717) is 6.04 Å². The van der Waals surface area contributed by atoms with Crippen LogP contribution in [0, 0.1) is 0 Å². The molecule has 2 rings (SSSR count). The van der Waals surface area contributed by atoms with Crippen LogP contribution in [0.1, 0.15) is 25.2 Å². The minimum Gasteiger partial charge on any atom is -0.332 e. The Bertz CT molecular complexity index is 214. The van der Waals surface area contributed by atoms with E-state index in [4.69, 9.17) is 0 Å². The van der Waals surface area contributed by atoms with Crippen LogP contribution in [0.5, 0.6) is 0 Å². The van der Waals surface area contributed by atoms with E-state index in [9.17, 15) is 0 Å². The average Bonchev–Trinajstić information content (AvgIpc) is 2.35. The number of rotatable bonds is 0. The highest BCUT2D eigenvalue weighted by Crippen LogP contribution is 2.22. The molecule has 0 aliphatic carbocycles. The zero-order valence-electron chi connectivity index (χ0n) is 5.54. The van der Waals surface area contributed by atoms with Crippen LogP contribution in [0.15, 0.2) is 12.4 Å². The molecule has 0 N–H and O–H groups in total. The molecule has 2 nitrogen and oxygen atoms in total. The quantitative estimate of drug-likeness (QED) is 0.508. The predicted molar refractivity (Wildman–Crippen MR) is 35.3 cm³/mol. The normalized spacial score (nSPS) is 24.3. The van der Waals surface area contributed by atoms with Crippen molar-refractivity contribution in [3.63, 3.8) is 0 Å². The Labute approximate surface area is 54.5 Å². The van der Waals surface area contributed by atoms with Crippen LogP contribution in [0.4, 0.5) is 0 Å². The molecule has 2 heterocycles. The third-order valence-corrected chi connectivity index (χ3v) is 2.01. The second-order valence-electron chi connectivity index (χ2n) is 2.64. The third kappa shape index (κ3) is 0.590. The largest absolute Gasteiger partial charge is 0.332 e. The molecule has 1 atom stereocenters. The molecule has 0 aromatic carbocycles. The second-order valence-corrected chi connectivity index (χ2v) is 2.64. The number of aromatic nitrogens is 2. The van der Waals surface area contributed by atoms with Crippen LogP contribution in [0.3, 0.4) is 0 Å². The van der Waals surface area contributed by atoms with E-state index >= 15 is 0 Å². The van der Waals surface area contributed by atoms with Crippen LogP contribution < -0.4 is 0 Å². The van der Waals surface area contributed by atoms with E-state index in [0.717, 1.165) is 6.42 Å². The fraction of sp³-hybridized carbons (Fsp3) is 0.571. The van der Waals surface area contributed by atoms with Crippen molar-refractivity contribution in [1.29, 1.82) is 0 Å². The molecule has 9 heavy (non-hydrogen) atoms. The van der Waals surface area contributed by atoms with Crippen LogP contribution in [0.2, 0.25) is 0 Å². The standard InChI is InChI=1S/C7H10N2/c1-6-2-3-7-8-4-5-9(6)7/h4-6H,2-3H2,1H3. The highest BCUT2D eigenvalue weighted by atomic mass is 15.1. The first kappa shape index (κ1) is 5.03. The van der Waals surface area contributed by atoms with E-state index < -0.39 is 0 Å². The van der Waals surface area contributed by atoms with Crippen molar-refractivity contribution in [3.8, 4) is 0 Å². The van der Waals surface area contributed by atoms with E-state index in [-0.39, 0.29) is 0 Å². The molecule has 48 valence electrons. The Hall–Kier alpha value is -0.790.